The number of aliphatic hydroxyl groups is 1. The second-order valence-electron chi connectivity index (χ2n) is 4.57. The first kappa shape index (κ1) is 16.8. The molecule has 0 spiro atoms. The van der Waals surface area contributed by atoms with Gasteiger partial charge in [0.05, 0.1) is 25.9 Å². The molecule has 0 rings (SSSR count). The molecule has 104 valence electrons. The van der Waals surface area contributed by atoms with Gasteiger partial charge in [0.1, 0.15) is 0 Å². The molecule has 0 aliphatic heterocycles. The van der Waals surface area contributed by atoms with E-state index in [1.807, 2.05) is 6.92 Å². The number of β-amino-alcohol motifs (C(OH)–C–C–N with tert-alkyl or cyclic N) is 1. The van der Waals surface area contributed by atoms with E-state index >= 15 is 0 Å². The van der Waals surface area contributed by atoms with Crippen LogP contribution in [0.15, 0.2) is 0 Å². The molecule has 4 heteroatoms. The van der Waals surface area contributed by atoms with Crippen LogP contribution in [0.4, 0.5) is 0 Å². The number of nitrogens with one attached hydrogen (secondary N) is 1. The molecule has 0 aromatic heterocycles. The van der Waals surface area contributed by atoms with Gasteiger partial charge in [-0.2, -0.15) is 0 Å². The Labute approximate surface area is 106 Å². The lowest BCUT2D eigenvalue weighted by atomic mass is 9.95. The highest BCUT2D eigenvalue weighted by Gasteiger charge is 2.19. The minimum absolute atomic E-state index is 0.117. The van der Waals surface area contributed by atoms with Gasteiger partial charge in [0.2, 0.25) is 0 Å². The lowest BCUT2D eigenvalue weighted by Gasteiger charge is -2.29. The fourth-order valence-corrected chi connectivity index (χ4v) is 1.40. The second-order valence-corrected chi connectivity index (χ2v) is 4.57. The Kier molecular flexibility index (Phi) is 9.74. The van der Waals surface area contributed by atoms with Crippen molar-refractivity contribution in [2.45, 2.75) is 52.2 Å². The van der Waals surface area contributed by atoms with Crippen LogP contribution in [0.25, 0.3) is 0 Å². The Morgan fingerprint density at radius 2 is 1.71 bits per heavy atom. The number of aliphatic hydroxyl groups excluding tert-OH is 1. The van der Waals surface area contributed by atoms with E-state index < -0.39 is 6.10 Å². The van der Waals surface area contributed by atoms with Gasteiger partial charge in [0.25, 0.3) is 0 Å². The summed E-state index contributed by atoms with van der Waals surface area (Å²) >= 11 is 0. The molecule has 0 aromatic rings. The van der Waals surface area contributed by atoms with E-state index in [0.29, 0.717) is 33.0 Å². The van der Waals surface area contributed by atoms with Crippen LogP contribution >= 0.6 is 0 Å². The summed E-state index contributed by atoms with van der Waals surface area (Å²) in [5, 5.41) is 13.1. The van der Waals surface area contributed by atoms with Crippen LogP contribution < -0.4 is 5.32 Å². The van der Waals surface area contributed by atoms with E-state index in [1.165, 1.54) is 0 Å². The van der Waals surface area contributed by atoms with Crippen LogP contribution in [-0.2, 0) is 9.47 Å². The first-order chi connectivity index (χ1) is 8.08. The number of hydrogen-bond acceptors (Lipinski definition) is 4. The summed E-state index contributed by atoms with van der Waals surface area (Å²) in [7, 11) is 0. The van der Waals surface area contributed by atoms with Gasteiger partial charge in [0.15, 0.2) is 0 Å². The monoisotopic (exact) mass is 247 g/mol. The van der Waals surface area contributed by atoms with E-state index in [4.69, 9.17) is 9.47 Å². The van der Waals surface area contributed by atoms with Gasteiger partial charge in [-0.15, -0.1) is 0 Å². The van der Waals surface area contributed by atoms with Crippen molar-refractivity contribution in [3.63, 3.8) is 0 Å². The zero-order chi connectivity index (χ0) is 13.1. The van der Waals surface area contributed by atoms with Crippen molar-refractivity contribution in [2.75, 3.05) is 33.0 Å². The Bertz CT molecular complexity index is 172. The predicted molar refractivity (Wildman–Crippen MR) is 70.3 cm³/mol. The van der Waals surface area contributed by atoms with Crippen molar-refractivity contribution in [2.24, 2.45) is 0 Å². The molecule has 0 bridgehead atoms. The fraction of sp³-hybridized carbons (Fsp3) is 1.00. The molecular weight excluding hydrogens is 218 g/mol. The number of hydrogen-bond donors (Lipinski definition) is 2. The summed E-state index contributed by atoms with van der Waals surface area (Å²) < 4.78 is 10.5. The molecule has 0 heterocycles. The van der Waals surface area contributed by atoms with E-state index in [-0.39, 0.29) is 5.54 Å². The third-order valence-corrected chi connectivity index (χ3v) is 3.21. The summed E-state index contributed by atoms with van der Waals surface area (Å²) in [6, 6.07) is 0. The Hall–Kier alpha value is -0.160. The van der Waals surface area contributed by atoms with E-state index in [9.17, 15) is 5.11 Å². The average Bonchev–Trinajstić information content (AvgIpc) is 2.35. The van der Waals surface area contributed by atoms with Crippen LogP contribution in [0.3, 0.4) is 0 Å². The molecule has 0 radical (unpaired) electrons. The van der Waals surface area contributed by atoms with Crippen molar-refractivity contribution in [1.82, 2.24) is 5.32 Å². The number of rotatable bonds is 11. The maximum Gasteiger partial charge on any atom is 0.0897 e. The molecule has 0 fully saturated rings. The minimum atomic E-state index is -0.450. The molecule has 17 heavy (non-hydrogen) atoms. The Balaban J connectivity index is 3.55. The van der Waals surface area contributed by atoms with Gasteiger partial charge < -0.3 is 19.9 Å². The van der Waals surface area contributed by atoms with Crippen LogP contribution in [0.1, 0.15) is 40.5 Å². The Morgan fingerprint density at radius 3 is 2.24 bits per heavy atom. The zero-order valence-corrected chi connectivity index (χ0v) is 11.8. The van der Waals surface area contributed by atoms with E-state index in [0.717, 1.165) is 12.8 Å². The van der Waals surface area contributed by atoms with Crippen molar-refractivity contribution in [3.8, 4) is 0 Å². The summed E-state index contributed by atoms with van der Waals surface area (Å²) in [6.45, 7) is 11.2. The highest BCUT2D eigenvalue weighted by Crippen LogP contribution is 2.12. The molecule has 2 N–H and O–H groups in total. The predicted octanol–water partition coefficient (Wildman–Crippen LogP) is 1.57. The second kappa shape index (κ2) is 9.83. The molecule has 0 saturated carbocycles. The summed E-state index contributed by atoms with van der Waals surface area (Å²) in [5.41, 5.74) is 0.117. The standard InChI is InChI=1S/C13H29NO3/c1-5-13(4,6-2)14-10-12(15)11-17-9-8-16-7-3/h12,14-15H,5-11H2,1-4H3. The van der Waals surface area contributed by atoms with Crippen molar-refractivity contribution >= 4 is 0 Å². The molecule has 0 aliphatic carbocycles. The van der Waals surface area contributed by atoms with E-state index in [1.54, 1.807) is 0 Å². The quantitative estimate of drug-likeness (QED) is 0.544. The molecular formula is C13H29NO3. The maximum absolute atomic E-state index is 9.73. The first-order valence-corrected chi connectivity index (χ1v) is 6.66. The molecule has 4 nitrogen and oxygen atoms in total. The lowest BCUT2D eigenvalue weighted by Crippen LogP contribution is -2.45. The van der Waals surface area contributed by atoms with E-state index in [2.05, 4.69) is 26.1 Å². The SMILES string of the molecule is CCOCCOCC(O)CNC(C)(CC)CC. The largest absolute Gasteiger partial charge is 0.389 e. The highest BCUT2D eigenvalue weighted by molar-refractivity contribution is 4.80. The van der Waals surface area contributed by atoms with Crippen molar-refractivity contribution < 1.29 is 14.6 Å². The third-order valence-electron chi connectivity index (χ3n) is 3.21. The van der Waals surface area contributed by atoms with Crippen LogP contribution in [0.5, 0.6) is 0 Å². The Morgan fingerprint density at radius 1 is 1.12 bits per heavy atom. The number of ether oxygens (including phenoxy) is 2. The van der Waals surface area contributed by atoms with Gasteiger partial charge >= 0.3 is 0 Å². The maximum atomic E-state index is 9.73. The smallest absolute Gasteiger partial charge is 0.0897 e. The summed E-state index contributed by atoms with van der Waals surface area (Å²) in [6.07, 6.45) is 1.66. The first-order valence-electron chi connectivity index (χ1n) is 6.66. The molecule has 0 aromatic carbocycles. The minimum Gasteiger partial charge on any atom is -0.389 e. The third kappa shape index (κ3) is 8.55. The highest BCUT2D eigenvalue weighted by atomic mass is 16.5. The molecule has 0 amide bonds. The fourth-order valence-electron chi connectivity index (χ4n) is 1.40. The average molecular weight is 247 g/mol. The van der Waals surface area contributed by atoms with Gasteiger partial charge in [-0.05, 0) is 26.7 Å². The molecule has 1 unspecified atom stereocenters. The molecule has 1 atom stereocenters. The summed E-state index contributed by atoms with van der Waals surface area (Å²) in [4.78, 5) is 0. The van der Waals surface area contributed by atoms with Crippen molar-refractivity contribution in [1.29, 1.82) is 0 Å². The molecule has 0 saturated heterocycles. The van der Waals surface area contributed by atoms with Gasteiger partial charge in [0, 0.05) is 18.7 Å². The topological polar surface area (TPSA) is 50.7 Å². The molecule has 0 aliphatic rings. The van der Waals surface area contributed by atoms with Crippen LogP contribution in [-0.4, -0.2) is 49.7 Å². The van der Waals surface area contributed by atoms with Gasteiger partial charge in [-0.3, -0.25) is 0 Å². The lowest BCUT2D eigenvalue weighted by molar-refractivity contribution is 0.00411. The normalized spacial score (nSPS) is 13.9. The van der Waals surface area contributed by atoms with Gasteiger partial charge in [-0.1, -0.05) is 13.8 Å². The summed E-state index contributed by atoms with van der Waals surface area (Å²) in [5.74, 6) is 0. The zero-order valence-electron chi connectivity index (χ0n) is 11.8. The van der Waals surface area contributed by atoms with Crippen molar-refractivity contribution in [3.05, 3.63) is 0 Å². The van der Waals surface area contributed by atoms with Gasteiger partial charge in [-0.25, -0.2) is 0 Å². The van der Waals surface area contributed by atoms with Crippen LogP contribution in [0.2, 0.25) is 0 Å². The van der Waals surface area contributed by atoms with Crippen LogP contribution in [0, 0.1) is 0 Å².